The Hall–Kier alpha value is -1.02. The first-order chi connectivity index (χ1) is 7.59. The molecule has 16 heavy (non-hydrogen) atoms. The second kappa shape index (κ2) is 4.46. The van der Waals surface area contributed by atoms with Gasteiger partial charge in [0, 0.05) is 17.3 Å². The van der Waals surface area contributed by atoms with Crippen LogP contribution >= 0.6 is 11.6 Å². The van der Waals surface area contributed by atoms with Gasteiger partial charge in [-0.15, -0.1) is 0 Å². The maximum atomic E-state index is 11.5. The lowest BCUT2D eigenvalue weighted by Gasteiger charge is -2.35. The molecule has 3 heteroatoms. The third-order valence-corrected chi connectivity index (χ3v) is 3.49. The maximum absolute atomic E-state index is 11.5. The van der Waals surface area contributed by atoms with Crippen LogP contribution in [0, 0.1) is 0 Å². The number of ketones is 1. The third kappa shape index (κ3) is 2.07. The van der Waals surface area contributed by atoms with E-state index < -0.39 is 0 Å². The van der Waals surface area contributed by atoms with Crippen molar-refractivity contribution in [2.45, 2.75) is 32.7 Å². The minimum Gasteiger partial charge on any atom is -0.362 e. The van der Waals surface area contributed by atoms with Crippen molar-refractivity contribution >= 4 is 23.1 Å². The lowest BCUT2D eigenvalue weighted by Crippen LogP contribution is -2.41. The molecule has 0 amide bonds. The molecule has 1 aliphatic heterocycles. The lowest BCUT2D eigenvalue weighted by atomic mass is 9.99. The molecule has 86 valence electrons. The van der Waals surface area contributed by atoms with E-state index in [2.05, 4.69) is 4.90 Å². The number of fused-ring (bicyclic) bond motifs is 1. The van der Waals surface area contributed by atoms with Crippen LogP contribution in [-0.2, 0) is 11.2 Å². The molecule has 0 saturated heterocycles. The van der Waals surface area contributed by atoms with Gasteiger partial charge in [0.1, 0.15) is 0 Å². The van der Waals surface area contributed by atoms with Crippen molar-refractivity contribution in [3.63, 3.8) is 0 Å². The zero-order chi connectivity index (χ0) is 11.7. The monoisotopic (exact) mass is 237 g/mol. The molecule has 0 aromatic heterocycles. The molecular formula is C13H16ClNO. The zero-order valence-electron chi connectivity index (χ0n) is 9.66. The van der Waals surface area contributed by atoms with Crippen molar-refractivity contribution in [3.8, 4) is 0 Å². The predicted molar refractivity (Wildman–Crippen MR) is 67.3 cm³/mol. The summed E-state index contributed by atoms with van der Waals surface area (Å²) in [4.78, 5) is 13.6. The molecule has 1 aromatic carbocycles. The number of halogens is 1. The summed E-state index contributed by atoms with van der Waals surface area (Å²) < 4.78 is 0. The van der Waals surface area contributed by atoms with Crippen LogP contribution in [0.25, 0.3) is 0 Å². The number of hydrogen-bond acceptors (Lipinski definition) is 2. The van der Waals surface area contributed by atoms with Crippen LogP contribution in [0.2, 0.25) is 5.02 Å². The highest BCUT2D eigenvalue weighted by molar-refractivity contribution is 6.30. The van der Waals surface area contributed by atoms with Gasteiger partial charge in [0.15, 0.2) is 5.78 Å². The number of Topliss-reactive ketones (excluding diaryl/α,β-unsaturated/α-hetero) is 1. The summed E-state index contributed by atoms with van der Waals surface area (Å²) in [5, 5.41) is 0.774. The molecule has 2 rings (SSSR count). The maximum Gasteiger partial charge on any atom is 0.151 e. The Balaban J connectivity index is 2.36. The first-order valence-electron chi connectivity index (χ1n) is 5.65. The third-order valence-electron chi connectivity index (χ3n) is 3.25. The number of nitrogens with zero attached hydrogens (tertiary/aromatic N) is 1. The average molecular weight is 238 g/mol. The molecule has 0 radical (unpaired) electrons. The second-order valence-electron chi connectivity index (χ2n) is 4.36. The Labute approximate surface area is 101 Å². The highest BCUT2D eigenvalue weighted by atomic mass is 35.5. The van der Waals surface area contributed by atoms with Crippen molar-refractivity contribution < 1.29 is 4.79 Å². The van der Waals surface area contributed by atoms with Crippen LogP contribution in [0.5, 0.6) is 0 Å². The van der Waals surface area contributed by atoms with E-state index in [1.165, 1.54) is 11.3 Å². The van der Waals surface area contributed by atoms with E-state index >= 15 is 0 Å². The van der Waals surface area contributed by atoms with Crippen LogP contribution in [-0.4, -0.2) is 18.4 Å². The first-order valence-corrected chi connectivity index (χ1v) is 6.03. The summed E-state index contributed by atoms with van der Waals surface area (Å²) in [5.74, 6) is 0.211. The number of hydrogen-bond donors (Lipinski definition) is 0. The van der Waals surface area contributed by atoms with E-state index in [-0.39, 0.29) is 11.8 Å². The van der Waals surface area contributed by atoms with Crippen LogP contribution in [0.15, 0.2) is 18.2 Å². The number of anilines is 1. The van der Waals surface area contributed by atoms with Crippen LogP contribution in [0.3, 0.4) is 0 Å². The highest BCUT2D eigenvalue weighted by Gasteiger charge is 2.23. The molecule has 1 unspecified atom stereocenters. The predicted octanol–water partition coefficient (Wildman–Crippen LogP) is 3.07. The summed E-state index contributed by atoms with van der Waals surface area (Å²) >= 11 is 5.98. The van der Waals surface area contributed by atoms with Gasteiger partial charge in [-0.25, -0.2) is 0 Å². The van der Waals surface area contributed by atoms with E-state index in [1.807, 2.05) is 25.1 Å². The van der Waals surface area contributed by atoms with Crippen molar-refractivity contribution in [2.24, 2.45) is 0 Å². The Bertz CT molecular complexity index is 416. The SMILES string of the molecule is CC(=O)C(C)N1CCCc2cc(Cl)ccc21. The molecule has 1 aromatic rings. The number of carbonyl (C=O) groups excluding carboxylic acids is 1. The molecule has 1 atom stereocenters. The van der Waals surface area contributed by atoms with Crippen molar-refractivity contribution in [1.29, 1.82) is 0 Å². The number of benzene rings is 1. The fourth-order valence-electron chi connectivity index (χ4n) is 2.22. The average Bonchev–Trinajstić information content (AvgIpc) is 2.26. The Morgan fingerprint density at radius 3 is 2.94 bits per heavy atom. The Morgan fingerprint density at radius 1 is 1.50 bits per heavy atom. The normalized spacial score (nSPS) is 16.8. The van der Waals surface area contributed by atoms with Gasteiger partial charge in [0.2, 0.25) is 0 Å². The van der Waals surface area contributed by atoms with Crippen molar-refractivity contribution in [2.75, 3.05) is 11.4 Å². The molecule has 0 aliphatic carbocycles. The van der Waals surface area contributed by atoms with Gasteiger partial charge in [-0.2, -0.15) is 0 Å². The quantitative estimate of drug-likeness (QED) is 0.788. The standard InChI is InChI=1S/C13H16ClNO/c1-9(10(2)16)15-7-3-4-11-8-12(14)5-6-13(11)15/h5-6,8-9H,3-4,7H2,1-2H3. The number of rotatable bonds is 2. The van der Waals surface area contributed by atoms with Crippen LogP contribution in [0.1, 0.15) is 25.8 Å². The fourth-order valence-corrected chi connectivity index (χ4v) is 2.41. The first kappa shape index (κ1) is 11.5. The summed E-state index contributed by atoms with van der Waals surface area (Å²) in [5.41, 5.74) is 2.42. The zero-order valence-corrected chi connectivity index (χ0v) is 10.4. The molecule has 0 N–H and O–H groups in total. The second-order valence-corrected chi connectivity index (χ2v) is 4.79. The van der Waals surface area contributed by atoms with E-state index in [0.717, 1.165) is 24.4 Å². The van der Waals surface area contributed by atoms with E-state index in [0.29, 0.717) is 0 Å². The molecule has 0 fully saturated rings. The van der Waals surface area contributed by atoms with Crippen LogP contribution in [0.4, 0.5) is 5.69 Å². The minimum absolute atomic E-state index is 0.0415. The summed E-state index contributed by atoms with van der Waals surface area (Å²) in [6.45, 7) is 4.57. The highest BCUT2D eigenvalue weighted by Crippen LogP contribution is 2.30. The minimum atomic E-state index is -0.0415. The Kier molecular flexibility index (Phi) is 3.20. The Morgan fingerprint density at radius 2 is 2.25 bits per heavy atom. The van der Waals surface area contributed by atoms with Gasteiger partial charge < -0.3 is 4.90 Å². The topological polar surface area (TPSA) is 20.3 Å². The van der Waals surface area contributed by atoms with E-state index in [4.69, 9.17) is 11.6 Å². The fraction of sp³-hybridized carbons (Fsp3) is 0.462. The molecule has 0 bridgehead atoms. The molecule has 0 saturated carbocycles. The lowest BCUT2D eigenvalue weighted by molar-refractivity contribution is -0.117. The van der Waals surface area contributed by atoms with Gasteiger partial charge in [0.25, 0.3) is 0 Å². The molecule has 1 aliphatic rings. The van der Waals surface area contributed by atoms with Gasteiger partial charge >= 0.3 is 0 Å². The van der Waals surface area contributed by atoms with E-state index in [1.54, 1.807) is 6.92 Å². The smallest absolute Gasteiger partial charge is 0.151 e. The van der Waals surface area contributed by atoms with Gasteiger partial charge in [0.05, 0.1) is 6.04 Å². The molecule has 0 spiro atoms. The molecule has 2 nitrogen and oxygen atoms in total. The number of aryl methyl sites for hydroxylation is 1. The summed E-state index contributed by atoms with van der Waals surface area (Å²) in [7, 11) is 0. The largest absolute Gasteiger partial charge is 0.362 e. The summed E-state index contributed by atoms with van der Waals surface area (Å²) in [6, 6.07) is 5.89. The van der Waals surface area contributed by atoms with Crippen molar-refractivity contribution in [3.05, 3.63) is 28.8 Å². The van der Waals surface area contributed by atoms with Gasteiger partial charge in [-0.3, -0.25) is 4.79 Å². The number of carbonyl (C=O) groups is 1. The molecular weight excluding hydrogens is 222 g/mol. The van der Waals surface area contributed by atoms with Crippen LogP contribution < -0.4 is 4.90 Å². The van der Waals surface area contributed by atoms with Gasteiger partial charge in [-0.1, -0.05) is 11.6 Å². The molecule has 1 heterocycles. The van der Waals surface area contributed by atoms with Gasteiger partial charge in [-0.05, 0) is 50.5 Å². The summed E-state index contributed by atoms with van der Waals surface area (Å²) in [6.07, 6.45) is 2.14. The van der Waals surface area contributed by atoms with Crippen molar-refractivity contribution in [1.82, 2.24) is 0 Å². The van der Waals surface area contributed by atoms with E-state index in [9.17, 15) is 4.79 Å².